The quantitative estimate of drug-likeness (QED) is 0.628. The Morgan fingerprint density at radius 1 is 1.25 bits per heavy atom. The van der Waals surface area contributed by atoms with Crippen molar-refractivity contribution in [1.29, 1.82) is 5.26 Å². The van der Waals surface area contributed by atoms with E-state index in [-0.39, 0.29) is 6.10 Å². The summed E-state index contributed by atoms with van der Waals surface area (Å²) in [6.07, 6.45) is 0.0727. The van der Waals surface area contributed by atoms with Crippen LogP contribution in [0.5, 0.6) is 0 Å². The lowest BCUT2D eigenvalue weighted by molar-refractivity contribution is -0.192. The topological polar surface area (TPSA) is 89.7 Å². The molecule has 194 valence electrons. The zero-order valence-electron chi connectivity index (χ0n) is 19.8. The number of rotatable bonds is 4. The van der Waals surface area contributed by atoms with Gasteiger partial charge in [-0.2, -0.15) is 18.4 Å². The number of benzene rings is 1. The highest BCUT2D eigenvalue weighted by atomic mass is 35.5. The van der Waals surface area contributed by atoms with Crippen LogP contribution in [0.2, 0.25) is 5.02 Å². The molecular formula is C25H28ClF3N4O3. The minimum atomic E-state index is -5.08. The number of carbonyl (C=O) groups is 1. The lowest BCUT2D eigenvalue weighted by atomic mass is 9.96. The first-order valence-electron chi connectivity index (χ1n) is 11.6. The highest BCUT2D eigenvalue weighted by Crippen LogP contribution is 2.28. The van der Waals surface area contributed by atoms with Gasteiger partial charge in [-0.3, -0.25) is 4.90 Å². The summed E-state index contributed by atoms with van der Waals surface area (Å²) >= 11 is 6.04. The van der Waals surface area contributed by atoms with E-state index in [2.05, 4.69) is 39.9 Å². The lowest BCUT2D eigenvalue weighted by Gasteiger charge is -2.46. The third-order valence-corrected chi connectivity index (χ3v) is 6.53. The number of aromatic nitrogens is 1. The number of nitrogens with zero attached hydrogens (tertiary/aromatic N) is 4. The summed E-state index contributed by atoms with van der Waals surface area (Å²) in [5.41, 5.74) is 1.96. The van der Waals surface area contributed by atoms with Crippen molar-refractivity contribution in [2.24, 2.45) is 0 Å². The van der Waals surface area contributed by atoms with E-state index >= 15 is 0 Å². The maximum absolute atomic E-state index is 10.6. The Balaban J connectivity index is 0.000000454. The summed E-state index contributed by atoms with van der Waals surface area (Å²) in [5, 5.41) is 17.3. The predicted octanol–water partition coefficient (Wildman–Crippen LogP) is 4.54. The number of morpholine rings is 1. The highest BCUT2D eigenvalue weighted by molar-refractivity contribution is 6.30. The highest BCUT2D eigenvalue weighted by Gasteiger charge is 2.38. The first-order valence-corrected chi connectivity index (χ1v) is 12.0. The SMILES string of the molecule is C[C@H]1CN(C2CCN(c3ncccc3C#N)CC2)[C@@H](Cc2ccc(Cl)cc2)CO1.O=C(O)C(F)(F)F. The molecule has 0 saturated carbocycles. The fourth-order valence-corrected chi connectivity index (χ4v) is 4.66. The summed E-state index contributed by atoms with van der Waals surface area (Å²) in [4.78, 5) is 18.3. The first kappa shape index (κ1) is 27.7. The number of carboxylic acid groups (broad SMARTS) is 1. The van der Waals surface area contributed by atoms with Crippen LogP contribution in [0.1, 0.15) is 30.9 Å². The molecule has 3 heterocycles. The zero-order valence-corrected chi connectivity index (χ0v) is 20.5. The largest absolute Gasteiger partial charge is 0.490 e. The van der Waals surface area contributed by atoms with Gasteiger partial charge in [-0.15, -0.1) is 0 Å². The molecule has 2 fully saturated rings. The summed E-state index contributed by atoms with van der Waals surface area (Å²) in [6.45, 7) is 5.75. The second-order valence-electron chi connectivity index (χ2n) is 8.83. The second kappa shape index (κ2) is 12.4. The number of hydrogen-bond acceptors (Lipinski definition) is 6. The number of anilines is 1. The van der Waals surface area contributed by atoms with Crippen molar-refractivity contribution in [2.45, 2.75) is 50.6 Å². The van der Waals surface area contributed by atoms with Crippen LogP contribution >= 0.6 is 11.6 Å². The van der Waals surface area contributed by atoms with Crippen molar-refractivity contribution in [2.75, 3.05) is 31.1 Å². The molecule has 1 aromatic heterocycles. The standard InChI is InChI=1S/C23H27ClN4O.C2HF3O2/c1-17-15-28(22(16-29-17)13-18-4-6-20(24)7-5-18)21-8-11-27(12-9-21)23-19(14-25)3-2-10-26-23;3-2(4,5)1(6)7/h2-7,10,17,21-22H,8-9,11-13,15-16H2,1H3;(H,6,7)/t17-,22-;/m0./s1. The van der Waals surface area contributed by atoms with Crippen molar-refractivity contribution in [3.8, 4) is 6.07 Å². The van der Waals surface area contributed by atoms with Crippen LogP contribution in [0.3, 0.4) is 0 Å². The molecule has 11 heteroatoms. The Hall–Kier alpha value is -2.87. The predicted molar refractivity (Wildman–Crippen MR) is 129 cm³/mol. The van der Waals surface area contributed by atoms with Gasteiger partial charge in [-0.25, -0.2) is 9.78 Å². The van der Waals surface area contributed by atoms with E-state index in [0.29, 0.717) is 17.6 Å². The van der Waals surface area contributed by atoms with Crippen LogP contribution in [-0.4, -0.2) is 71.6 Å². The Kier molecular flexibility index (Phi) is 9.54. The van der Waals surface area contributed by atoms with Gasteiger partial charge in [-0.1, -0.05) is 23.7 Å². The smallest absolute Gasteiger partial charge is 0.475 e. The molecule has 4 rings (SSSR count). The first-order chi connectivity index (χ1) is 17.1. The minimum absolute atomic E-state index is 0.260. The third kappa shape index (κ3) is 7.56. The number of ether oxygens (including phenoxy) is 1. The molecule has 0 spiro atoms. The Bertz CT molecular complexity index is 1050. The van der Waals surface area contributed by atoms with E-state index in [9.17, 15) is 18.4 Å². The normalized spacial score (nSPS) is 21.3. The fraction of sp³-hybridized carbons (Fsp3) is 0.480. The molecule has 2 aliphatic rings. The van der Waals surface area contributed by atoms with Crippen molar-refractivity contribution < 1.29 is 27.8 Å². The number of nitriles is 1. The fourth-order valence-electron chi connectivity index (χ4n) is 4.53. The maximum Gasteiger partial charge on any atom is 0.490 e. The number of piperidine rings is 1. The molecular weight excluding hydrogens is 497 g/mol. The summed E-state index contributed by atoms with van der Waals surface area (Å²) in [6, 6.07) is 15.0. The van der Waals surface area contributed by atoms with Gasteiger partial charge < -0.3 is 14.7 Å². The van der Waals surface area contributed by atoms with E-state index in [1.54, 1.807) is 6.20 Å². The zero-order chi connectivity index (χ0) is 26.3. The summed E-state index contributed by atoms with van der Waals surface area (Å²) in [5.74, 6) is -1.94. The second-order valence-corrected chi connectivity index (χ2v) is 9.27. The minimum Gasteiger partial charge on any atom is -0.475 e. The van der Waals surface area contributed by atoms with Gasteiger partial charge in [0.05, 0.1) is 18.3 Å². The molecule has 36 heavy (non-hydrogen) atoms. The summed E-state index contributed by atoms with van der Waals surface area (Å²) in [7, 11) is 0. The van der Waals surface area contributed by atoms with Crippen LogP contribution in [0.4, 0.5) is 19.0 Å². The van der Waals surface area contributed by atoms with Crippen LogP contribution < -0.4 is 4.90 Å². The Labute approximate surface area is 213 Å². The van der Waals surface area contributed by atoms with Crippen LogP contribution in [-0.2, 0) is 16.0 Å². The van der Waals surface area contributed by atoms with Crippen molar-refractivity contribution in [3.05, 3.63) is 58.7 Å². The molecule has 0 bridgehead atoms. The van der Waals surface area contributed by atoms with E-state index in [0.717, 1.165) is 56.3 Å². The van der Waals surface area contributed by atoms with Crippen LogP contribution in [0, 0.1) is 11.3 Å². The van der Waals surface area contributed by atoms with Gasteiger partial charge in [0, 0.05) is 42.9 Å². The maximum atomic E-state index is 10.6. The van der Waals surface area contributed by atoms with Crippen LogP contribution in [0.15, 0.2) is 42.6 Å². The molecule has 2 aromatic rings. The van der Waals surface area contributed by atoms with Gasteiger partial charge in [0.2, 0.25) is 0 Å². The average Bonchev–Trinajstić information content (AvgIpc) is 2.86. The molecule has 2 aliphatic heterocycles. The van der Waals surface area contributed by atoms with Crippen molar-refractivity contribution >= 4 is 23.4 Å². The number of carboxylic acids is 1. The monoisotopic (exact) mass is 524 g/mol. The van der Waals surface area contributed by atoms with E-state index in [1.165, 1.54) is 5.56 Å². The molecule has 0 amide bonds. The number of hydrogen-bond donors (Lipinski definition) is 1. The Morgan fingerprint density at radius 3 is 2.47 bits per heavy atom. The van der Waals surface area contributed by atoms with Crippen molar-refractivity contribution in [3.63, 3.8) is 0 Å². The number of aliphatic carboxylic acids is 1. The van der Waals surface area contributed by atoms with E-state index in [1.807, 2.05) is 24.3 Å². The van der Waals surface area contributed by atoms with Crippen LogP contribution in [0.25, 0.3) is 0 Å². The molecule has 1 N–H and O–H groups in total. The van der Waals surface area contributed by atoms with E-state index < -0.39 is 12.1 Å². The average molecular weight is 525 g/mol. The number of halogens is 4. The van der Waals surface area contributed by atoms with E-state index in [4.69, 9.17) is 26.2 Å². The lowest BCUT2D eigenvalue weighted by Crippen LogP contribution is -2.56. The molecule has 2 atom stereocenters. The van der Waals surface area contributed by atoms with Gasteiger partial charge in [0.1, 0.15) is 11.9 Å². The molecule has 2 saturated heterocycles. The number of pyridine rings is 1. The Morgan fingerprint density at radius 2 is 1.89 bits per heavy atom. The van der Waals surface area contributed by atoms with Gasteiger partial charge in [-0.05, 0) is 56.0 Å². The number of alkyl halides is 3. The van der Waals surface area contributed by atoms with Gasteiger partial charge in [0.25, 0.3) is 0 Å². The third-order valence-electron chi connectivity index (χ3n) is 6.28. The van der Waals surface area contributed by atoms with Crippen molar-refractivity contribution in [1.82, 2.24) is 9.88 Å². The molecule has 1 aromatic carbocycles. The molecule has 0 aliphatic carbocycles. The summed E-state index contributed by atoms with van der Waals surface area (Å²) < 4.78 is 37.7. The molecule has 0 radical (unpaired) electrons. The van der Waals surface area contributed by atoms with Gasteiger partial charge in [0.15, 0.2) is 0 Å². The molecule has 7 nitrogen and oxygen atoms in total. The molecule has 0 unspecified atom stereocenters. The van der Waals surface area contributed by atoms with Gasteiger partial charge >= 0.3 is 12.1 Å².